The van der Waals surface area contributed by atoms with E-state index in [2.05, 4.69) is 10.1 Å². The van der Waals surface area contributed by atoms with Crippen LogP contribution in [0.25, 0.3) is 0 Å². The Morgan fingerprint density at radius 2 is 2.50 bits per heavy atom. The Bertz CT molecular complexity index is 269. The van der Waals surface area contributed by atoms with E-state index in [4.69, 9.17) is 4.42 Å². The Hall–Kier alpha value is -1.29. The van der Waals surface area contributed by atoms with Crippen molar-refractivity contribution in [3.05, 3.63) is 24.2 Å². The molecule has 1 aromatic heterocycles. The van der Waals surface area contributed by atoms with Gasteiger partial charge in [0.25, 0.3) is 0 Å². The van der Waals surface area contributed by atoms with E-state index < -0.39 is 0 Å². The lowest BCUT2D eigenvalue weighted by Crippen LogP contribution is -2.35. The molecule has 0 saturated heterocycles. The Morgan fingerprint density at radius 1 is 1.71 bits per heavy atom. The minimum Gasteiger partial charge on any atom is -0.469 e. The fourth-order valence-corrected chi connectivity index (χ4v) is 1.13. The smallest absolute Gasteiger partial charge is 0.322 e. The van der Waals surface area contributed by atoms with Gasteiger partial charge in [0.05, 0.1) is 13.4 Å². The summed E-state index contributed by atoms with van der Waals surface area (Å²) in [6, 6.07) is 3.48. The second kappa shape index (κ2) is 5.44. The number of nitrogens with one attached hydrogen (secondary N) is 1. The number of hydrogen-bond acceptors (Lipinski definition) is 4. The van der Waals surface area contributed by atoms with Crippen molar-refractivity contribution in [2.75, 3.05) is 13.7 Å². The van der Waals surface area contributed by atoms with Gasteiger partial charge in [0, 0.05) is 13.0 Å². The molecule has 1 heterocycles. The van der Waals surface area contributed by atoms with E-state index >= 15 is 0 Å². The fourth-order valence-electron chi connectivity index (χ4n) is 1.13. The topological polar surface area (TPSA) is 51.5 Å². The number of carbonyl (C=O) groups excluding carboxylic acids is 1. The van der Waals surface area contributed by atoms with Crippen molar-refractivity contribution in [3.63, 3.8) is 0 Å². The average molecular weight is 197 g/mol. The predicted octanol–water partition coefficient (Wildman–Crippen LogP) is 0.973. The number of furan rings is 1. The van der Waals surface area contributed by atoms with Crippen molar-refractivity contribution in [2.45, 2.75) is 19.4 Å². The molecular formula is C10H15NO3. The Kier molecular flexibility index (Phi) is 4.19. The summed E-state index contributed by atoms with van der Waals surface area (Å²) in [6.07, 6.45) is 2.41. The van der Waals surface area contributed by atoms with E-state index in [1.807, 2.05) is 12.1 Å². The monoisotopic (exact) mass is 197 g/mol. The van der Waals surface area contributed by atoms with Crippen LogP contribution in [0, 0.1) is 0 Å². The Balaban J connectivity index is 2.18. The van der Waals surface area contributed by atoms with Crippen LogP contribution in [-0.2, 0) is 16.0 Å². The van der Waals surface area contributed by atoms with Crippen molar-refractivity contribution in [2.24, 2.45) is 0 Å². The van der Waals surface area contributed by atoms with Gasteiger partial charge in [-0.3, -0.25) is 4.79 Å². The zero-order chi connectivity index (χ0) is 10.4. The van der Waals surface area contributed by atoms with Gasteiger partial charge in [-0.25, -0.2) is 0 Å². The van der Waals surface area contributed by atoms with Gasteiger partial charge in [-0.1, -0.05) is 0 Å². The number of carbonyl (C=O) groups is 1. The number of rotatable bonds is 5. The van der Waals surface area contributed by atoms with Gasteiger partial charge >= 0.3 is 5.97 Å². The van der Waals surface area contributed by atoms with Gasteiger partial charge in [-0.2, -0.15) is 0 Å². The summed E-state index contributed by atoms with van der Waals surface area (Å²) in [4.78, 5) is 11.0. The maximum absolute atomic E-state index is 11.0. The molecule has 1 N–H and O–H groups in total. The molecule has 0 amide bonds. The van der Waals surface area contributed by atoms with Gasteiger partial charge in [-0.15, -0.1) is 0 Å². The van der Waals surface area contributed by atoms with Crippen LogP contribution in [0.1, 0.15) is 12.7 Å². The highest BCUT2D eigenvalue weighted by atomic mass is 16.5. The molecule has 14 heavy (non-hydrogen) atoms. The molecule has 0 fully saturated rings. The number of hydrogen-bond donors (Lipinski definition) is 1. The highest BCUT2D eigenvalue weighted by molar-refractivity contribution is 5.75. The van der Waals surface area contributed by atoms with Crippen LogP contribution in [0.4, 0.5) is 0 Å². The lowest BCUT2D eigenvalue weighted by molar-refractivity contribution is -0.142. The van der Waals surface area contributed by atoms with Gasteiger partial charge in [-0.05, 0) is 19.1 Å². The Labute approximate surface area is 83.2 Å². The van der Waals surface area contributed by atoms with Crippen LogP contribution in [0.15, 0.2) is 22.8 Å². The first-order valence-corrected chi connectivity index (χ1v) is 4.57. The van der Waals surface area contributed by atoms with Crippen LogP contribution in [0.5, 0.6) is 0 Å². The maximum Gasteiger partial charge on any atom is 0.322 e. The van der Waals surface area contributed by atoms with Crippen LogP contribution >= 0.6 is 0 Å². The number of ether oxygens (including phenoxy) is 1. The normalized spacial score (nSPS) is 12.4. The van der Waals surface area contributed by atoms with Crippen LogP contribution in [0.3, 0.4) is 0 Å². The molecule has 1 rings (SSSR count). The van der Waals surface area contributed by atoms with Crippen LogP contribution in [0.2, 0.25) is 0 Å². The van der Waals surface area contributed by atoms with E-state index in [0.29, 0.717) is 6.54 Å². The molecule has 0 aliphatic heterocycles. The molecule has 0 aliphatic carbocycles. The Morgan fingerprint density at radius 3 is 3.07 bits per heavy atom. The number of esters is 1. The molecule has 0 saturated carbocycles. The summed E-state index contributed by atoms with van der Waals surface area (Å²) in [7, 11) is 1.38. The van der Waals surface area contributed by atoms with Crippen LogP contribution in [-0.4, -0.2) is 25.7 Å². The lowest BCUT2D eigenvalue weighted by atomic mass is 10.3. The molecular weight excluding hydrogens is 182 g/mol. The molecule has 0 spiro atoms. The summed E-state index contributed by atoms with van der Waals surface area (Å²) in [5.41, 5.74) is 0. The first-order chi connectivity index (χ1) is 6.74. The van der Waals surface area contributed by atoms with Gasteiger partial charge in [0.1, 0.15) is 11.8 Å². The molecule has 0 aliphatic rings. The summed E-state index contributed by atoms with van der Waals surface area (Å²) >= 11 is 0. The quantitative estimate of drug-likeness (QED) is 0.715. The van der Waals surface area contributed by atoms with E-state index in [-0.39, 0.29) is 12.0 Å². The highest BCUT2D eigenvalue weighted by Crippen LogP contribution is 1.99. The van der Waals surface area contributed by atoms with Crippen LogP contribution < -0.4 is 5.32 Å². The molecule has 1 aromatic rings. The second-order valence-corrected chi connectivity index (χ2v) is 3.03. The lowest BCUT2D eigenvalue weighted by Gasteiger charge is -2.10. The molecule has 4 heteroatoms. The fraction of sp³-hybridized carbons (Fsp3) is 0.500. The second-order valence-electron chi connectivity index (χ2n) is 3.03. The molecule has 0 bridgehead atoms. The van der Waals surface area contributed by atoms with Crippen molar-refractivity contribution in [1.29, 1.82) is 0 Å². The van der Waals surface area contributed by atoms with Gasteiger partial charge < -0.3 is 14.5 Å². The molecule has 4 nitrogen and oxygen atoms in total. The number of methoxy groups -OCH3 is 1. The van der Waals surface area contributed by atoms with Crippen molar-refractivity contribution in [1.82, 2.24) is 5.32 Å². The van der Waals surface area contributed by atoms with E-state index in [1.54, 1.807) is 13.2 Å². The van der Waals surface area contributed by atoms with Crippen molar-refractivity contribution < 1.29 is 13.9 Å². The first-order valence-electron chi connectivity index (χ1n) is 4.57. The summed E-state index contributed by atoms with van der Waals surface area (Å²) in [6.45, 7) is 2.47. The predicted molar refractivity (Wildman–Crippen MR) is 51.9 cm³/mol. The largest absolute Gasteiger partial charge is 0.469 e. The third kappa shape index (κ3) is 3.22. The zero-order valence-electron chi connectivity index (χ0n) is 8.45. The minimum atomic E-state index is -0.269. The maximum atomic E-state index is 11.0. The van der Waals surface area contributed by atoms with E-state index in [1.165, 1.54) is 7.11 Å². The SMILES string of the molecule is COC(=O)C(C)NCCc1ccco1. The zero-order valence-corrected chi connectivity index (χ0v) is 8.45. The third-order valence-corrected chi connectivity index (χ3v) is 1.96. The minimum absolute atomic E-state index is 0.246. The van der Waals surface area contributed by atoms with Gasteiger partial charge in [0.15, 0.2) is 0 Å². The standard InChI is InChI=1S/C10H15NO3/c1-8(10(12)13-2)11-6-5-9-4-3-7-14-9/h3-4,7-8,11H,5-6H2,1-2H3. The van der Waals surface area contributed by atoms with E-state index in [9.17, 15) is 4.79 Å². The summed E-state index contributed by atoms with van der Waals surface area (Å²) in [5, 5.41) is 3.04. The molecule has 0 aromatic carbocycles. The molecule has 78 valence electrons. The highest BCUT2D eigenvalue weighted by Gasteiger charge is 2.11. The first kappa shape index (κ1) is 10.8. The summed E-state index contributed by atoms with van der Waals surface area (Å²) < 4.78 is 9.72. The van der Waals surface area contributed by atoms with Crippen molar-refractivity contribution in [3.8, 4) is 0 Å². The molecule has 1 unspecified atom stereocenters. The molecule has 1 atom stereocenters. The van der Waals surface area contributed by atoms with Gasteiger partial charge in [0.2, 0.25) is 0 Å². The third-order valence-electron chi connectivity index (χ3n) is 1.96. The molecule has 0 radical (unpaired) electrons. The van der Waals surface area contributed by atoms with E-state index in [0.717, 1.165) is 12.2 Å². The van der Waals surface area contributed by atoms with Crippen molar-refractivity contribution >= 4 is 5.97 Å². The average Bonchev–Trinajstić information content (AvgIpc) is 2.69. The summed E-state index contributed by atoms with van der Waals surface area (Å²) in [5.74, 6) is 0.666.